The maximum Gasteiger partial charge on any atom is 0.449 e. The van der Waals surface area contributed by atoms with Crippen LogP contribution in [0.15, 0.2) is 34.9 Å². The summed E-state index contributed by atoms with van der Waals surface area (Å²) in [6.45, 7) is 1.54. The van der Waals surface area contributed by atoms with Crippen LogP contribution in [0, 0.1) is 6.92 Å². The summed E-state index contributed by atoms with van der Waals surface area (Å²) in [5, 5.41) is 3.76. The van der Waals surface area contributed by atoms with Crippen LogP contribution in [-0.4, -0.2) is 35.4 Å². The minimum Gasteiger partial charge on any atom is -0.360 e. The summed E-state index contributed by atoms with van der Waals surface area (Å²) in [4.78, 5) is 15.5. The largest absolute Gasteiger partial charge is 0.449 e. The van der Waals surface area contributed by atoms with Crippen molar-refractivity contribution in [2.75, 3.05) is 14.2 Å². The molecule has 2 aromatic rings. The third kappa shape index (κ3) is 3.06. The number of ketones is 1. The van der Waals surface area contributed by atoms with E-state index in [-0.39, 0.29) is 17.0 Å². The van der Waals surface area contributed by atoms with Gasteiger partial charge in [0.1, 0.15) is 5.56 Å². The Balaban J connectivity index is 2.59. The highest BCUT2D eigenvalue weighted by Gasteiger charge is 2.46. The molecule has 1 aromatic carbocycles. The van der Waals surface area contributed by atoms with Crippen molar-refractivity contribution in [3.63, 3.8) is 0 Å². The van der Waals surface area contributed by atoms with Crippen LogP contribution in [0.3, 0.4) is 0 Å². The predicted molar refractivity (Wildman–Crippen MR) is 81.3 cm³/mol. The molecule has 0 aliphatic carbocycles. The second kappa shape index (κ2) is 6.81. The molecule has 0 spiro atoms. The van der Waals surface area contributed by atoms with Gasteiger partial charge in [-0.15, -0.1) is 0 Å². The molecule has 1 heterocycles. The van der Waals surface area contributed by atoms with Crippen LogP contribution in [0.1, 0.15) is 16.1 Å². The Hall–Kier alpha value is -2.37. The van der Waals surface area contributed by atoms with Crippen molar-refractivity contribution in [2.45, 2.75) is 6.92 Å². The quantitative estimate of drug-likeness (QED) is 0.263. The van der Waals surface area contributed by atoms with Gasteiger partial charge in [0, 0.05) is 19.8 Å². The number of carbonyl (C=O) groups is 1. The Morgan fingerprint density at radius 3 is 2.39 bits per heavy atom. The van der Waals surface area contributed by atoms with Crippen molar-refractivity contribution in [1.29, 1.82) is 0 Å². The number of hydrogen-bond donors (Lipinski definition) is 0. The molecule has 1 aromatic heterocycles. The van der Waals surface area contributed by atoms with Crippen molar-refractivity contribution in [1.82, 2.24) is 5.16 Å². The lowest BCUT2D eigenvalue weighted by molar-refractivity contribution is -0.00425. The van der Waals surface area contributed by atoms with E-state index < -0.39 is 18.8 Å². The van der Waals surface area contributed by atoms with Gasteiger partial charge in [0.25, 0.3) is 5.78 Å². The molecule has 2 rings (SSSR count). The molecule has 8 nitrogen and oxygen atoms in total. The minimum atomic E-state index is -4.04. The average Bonchev–Trinajstić information content (AvgIpc) is 2.97. The molecule has 0 unspecified atom stereocenters. The summed E-state index contributed by atoms with van der Waals surface area (Å²) in [6, 6.07) is 8.77. The molecule has 0 saturated heterocycles. The van der Waals surface area contributed by atoms with Crippen LogP contribution in [0.4, 0.5) is 0 Å². The van der Waals surface area contributed by atoms with Crippen LogP contribution in [0.5, 0.6) is 0 Å². The van der Waals surface area contributed by atoms with Gasteiger partial charge in [0.2, 0.25) is 0 Å². The van der Waals surface area contributed by atoms with E-state index in [0.717, 1.165) is 14.2 Å². The van der Waals surface area contributed by atoms with E-state index in [9.17, 15) is 9.36 Å². The lowest BCUT2D eigenvalue weighted by Crippen LogP contribution is -2.19. The van der Waals surface area contributed by atoms with Crippen LogP contribution in [0.2, 0.25) is 0 Å². The molecule has 120 valence electrons. The van der Waals surface area contributed by atoms with Gasteiger partial charge in [-0.05, 0) is 6.92 Å². The summed E-state index contributed by atoms with van der Waals surface area (Å²) in [5.41, 5.74) is 9.26. The number of rotatable bonds is 6. The molecule has 0 radical (unpaired) electrons. The normalized spacial score (nSPS) is 11.1. The van der Waals surface area contributed by atoms with Gasteiger partial charge in [-0.3, -0.25) is 4.79 Å². The summed E-state index contributed by atoms with van der Waals surface area (Å²) < 4.78 is 27.0. The van der Waals surface area contributed by atoms with E-state index in [1.54, 1.807) is 37.3 Å². The molecular formula is C14H14N3O5P. The average molecular weight is 335 g/mol. The summed E-state index contributed by atoms with van der Waals surface area (Å²) in [7, 11) is -1.87. The van der Waals surface area contributed by atoms with E-state index in [4.69, 9.17) is 19.1 Å². The minimum absolute atomic E-state index is 0.0262. The summed E-state index contributed by atoms with van der Waals surface area (Å²) in [6.07, 6.45) is 0. The summed E-state index contributed by atoms with van der Waals surface area (Å²) >= 11 is 0. The zero-order valence-electron chi connectivity index (χ0n) is 12.7. The molecule has 0 amide bonds. The molecular weight excluding hydrogens is 321 g/mol. The fraction of sp³-hybridized carbons (Fsp3) is 0.214. The number of Topliss-reactive ketones (excluding diaryl/α,β-unsaturated/α-hetero) is 1. The number of nitrogens with zero attached hydrogens (tertiary/aromatic N) is 3. The Morgan fingerprint density at radius 2 is 1.87 bits per heavy atom. The molecule has 0 N–H and O–H groups in total. The standard InChI is InChI=1S/C14H14N3O5P/c1-9-11(12(18)14(16-15)23(19,20-2)21-3)13(22-17-9)10-7-5-4-6-8-10/h4-8H,1-3H3. The SMILES string of the molecule is COP(=O)(OC)C(=[N+]=[N-])C(=O)c1c(C)noc1-c1ccccc1. The first-order valence-corrected chi connectivity index (χ1v) is 8.03. The van der Waals surface area contributed by atoms with Crippen LogP contribution < -0.4 is 0 Å². The lowest BCUT2D eigenvalue weighted by Gasteiger charge is -2.08. The van der Waals surface area contributed by atoms with Crippen LogP contribution >= 0.6 is 7.60 Å². The van der Waals surface area contributed by atoms with E-state index in [1.807, 2.05) is 0 Å². The first kappa shape index (κ1) is 17.0. The highest BCUT2D eigenvalue weighted by molar-refractivity contribution is 7.75. The number of aromatic nitrogens is 1. The van der Waals surface area contributed by atoms with E-state index in [2.05, 4.69) is 9.95 Å². The number of hydrogen-bond acceptors (Lipinski definition) is 6. The van der Waals surface area contributed by atoms with Gasteiger partial charge in [-0.1, -0.05) is 35.5 Å². The first-order chi connectivity index (χ1) is 11.0. The second-order valence-electron chi connectivity index (χ2n) is 4.45. The van der Waals surface area contributed by atoms with Gasteiger partial charge >= 0.3 is 13.0 Å². The van der Waals surface area contributed by atoms with Gasteiger partial charge < -0.3 is 19.1 Å². The monoisotopic (exact) mass is 335 g/mol. The van der Waals surface area contributed by atoms with Gasteiger partial charge in [0.15, 0.2) is 5.76 Å². The smallest absolute Gasteiger partial charge is 0.360 e. The number of benzene rings is 1. The molecule has 0 bridgehead atoms. The van der Waals surface area contributed by atoms with Gasteiger partial charge in [0.05, 0.1) is 5.69 Å². The fourth-order valence-electron chi connectivity index (χ4n) is 2.01. The zero-order valence-corrected chi connectivity index (χ0v) is 13.6. The molecule has 23 heavy (non-hydrogen) atoms. The lowest BCUT2D eigenvalue weighted by atomic mass is 10.0. The fourth-order valence-corrected chi connectivity index (χ4v) is 2.97. The van der Waals surface area contributed by atoms with E-state index in [0.29, 0.717) is 5.56 Å². The molecule has 0 aliphatic heterocycles. The molecule has 0 saturated carbocycles. The Kier molecular flexibility index (Phi) is 5.03. The molecule has 0 fully saturated rings. The Bertz CT molecular complexity index is 816. The molecule has 0 atom stereocenters. The van der Waals surface area contributed by atoms with Crippen molar-refractivity contribution < 1.29 is 27.7 Å². The Labute approximate surface area is 132 Å². The van der Waals surface area contributed by atoms with Crippen LogP contribution in [-0.2, 0) is 13.6 Å². The molecule has 0 aliphatic rings. The van der Waals surface area contributed by atoms with Crippen molar-refractivity contribution >= 4 is 18.8 Å². The van der Waals surface area contributed by atoms with Gasteiger partial charge in [-0.2, -0.15) is 4.79 Å². The Morgan fingerprint density at radius 1 is 1.26 bits per heavy atom. The maximum atomic E-state index is 12.7. The highest BCUT2D eigenvalue weighted by Crippen LogP contribution is 2.48. The van der Waals surface area contributed by atoms with E-state index in [1.165, 1.54) is 0 Å². The van der Waals surface area contributed by atoms with Crippen molar-refractivity contribution in [3.8, 4) is 11.3 Å². The first-order valence-electron chi connectivity index (χ1n) is 6.49. The third-order valence-electron chi connectivity index (χ3n) is 3.16. The second-order valence-corrected chi connectivity index (χ2v) is 6.60. The van der Waals surface area contributed by atoms with Crippen molar-refractivity contribution in [3.05, 3.63) is 47.1 Å². The van der Waals surface area contributed by atoms with E-state index >= 15 is 0 Å². The number of aryl methyl sites for hydroxylation is 1. The van der Waals surface area contributed by atoms with Crippen molar-refractivity contribution in [2.24, 2.45) is 0 Å². The number of carbonyl (C=O) groups excluding carboxylic acids is 1. The topological polar surface area (TPSA) is 115 Å². The predicted octanol–water partition coefficient (Wildman–Crippen LogP) is 2.95. The molecule has 9 heteroatoms. The highest BCUT2D eigenvalue weighted by atomic mass is 31.2. The van der Waals surface area contributed by atoms with Crippen LogP contribution in [0.25, 0.3) is 16.9 Å². The summed E-state index contributed by atoms with van der Waals surface area (Å²) in [5.74, 6) is -0.676. The zero-order chi connectivity index (χ0) is 17.0. The maximum absolute atomic E-state index is 12.7. The third-order valence-corrected chi connectivity index (χ3v) is 4.94. The van der Waals surface area contributed by atoms with Gasteiger partial charge in [-0.25, -0.2) is 4.57 Å².